The first kappa shape index (κ1) is 14.6. The number of likely N-dealkylation sites (N-methyl/N-ethyl adjacent to an activating group) is 1. The molecular formula is C14H19NO5. The van der Waals surface area contributed by atoms with Crippen molar-refractivity contribution in [2.75, 3.05) is 13.7 Å². The van der Waals surface area contributed by atoms with Crippen molar-refractivity contribution in [3.63, 3.8) is 0 Å². The van der Waals surface area contributed by atoms with Gasteiger partial charge >= 0.3 is 5.97 Å². The molecule has 6 heteroatoms. The SMILES string of the molecule is Cc1oc(CN(C)C(=O)C2(C)CCCO2)cc1C(=O)O. The molecule has 1 amide bonds. The van der Waals surface area contributed by atoms with Gasteiger partial charge in [0.05, 0.1) is 6.54 Å². The van der Waals surface area contributed by atoms with Crippen LogP contribution in [0.15, 0.2) is 10.5 Å². The van der Waals surface area contributed by atoms with Gasteiger partial charge in [0.1, 0.15) is 22.7 Å². The van der Waals surface area contributed by atoms with E-state index in [0.29, 0.717) is 24.5 Å². The van der Waals surface area contributed by atoms with Gasteiger partial charge < -0.3 is 19.2 Å². The summed E-state index contributed by atoms with van der Waals surface area (Å²) in [5, 5.41) is 8.98. The Morgan fingerprint density at radius 3 is 2.70 bits per heavy atom. The van der Waals surface area contributed by atoms with Crippen molar-refractivity contribution in [3.05, 3.63) is 23.2 Å². The molecule has 110 valence electrons. The molecule has 0 bridgehead atoms. The number of carboxylic acids is 1. The third kappa shape index (κ3) is 2.70. The molecule has 6 nitrogen and oxygen atoms in total. The third-order valence-electron chi connectivity index (χ3n) is 3.61. The maximum Gasteiger partial charge on any atom is 0.339 e. The van der Waals surface area contributed by atoms with E-state index in [4.69, 9.17) is 14.3 Å². The van der Waals surface area contributed by atoms with Gasteiger partial charge in [-0.1, -0.05) is 0 Å². The molecule has 2 rings (SSSR count). The minimum atomic E-state index is -1.03. The first-order chi connectivity index (χ1) is 9.33. The summed E-state index contributed by atoms with van der Waals surface area (Å²) in [5.41, 5.74) is -0.643. The number of carboxylic acid groups (broad SMARTS) is 1. The van der Waals surface area contributed by atoms with E-state index >= 15 is 0 Å². The maximum atomic E-state index is 12.3. The smallest absolute Gasteiger partial charge is 0.339 e. The first-order valence-electron chi connectivity index (χ1n) is 6.55. The number of hydrogen-bond acceptors (Lipinski definition) is 4. The molecule has 1 saturated heterocycles. The molecule has 20 heavy (non-hydrogen) atoms. The van der Waals surface area contributed by atoms with Gasteiger partial charge in [-0.25, -0.2) is 4.79 Å². The van der Waals surface area contributed by atoms with Gasteiger partial charge in [0, 0.05) is 13.7 Å². The Labute approximate surface area is 117 Å². The Morgan fingerprint density at radius 2 is 2.20 bits per heavy atom. The number of carbonyl (C=O) groups excluding carboxylic acids is 1. The van der Waals surface area contributed by atoms with Crippen molar-refractivity contribution >= 4 is 11.9 Å². The maximum absolute atomic E-state index is 12.3. The van der Waals surface area contributed by atoms with Crippen LogP contribution < -0.4 is 0 Å². The Kier molecular flexibility index (Phi) is 3.85. The highest BCUT2D eigenvalue weighted by Crippen LogP contribution is 2.27. The highest BCUT2D eigenvalue weighted by Gasteiger charge is 2.39. The summed E-state index contributed by atoms with van der Waals surface area (Å²) >= 11 is 0. The second-order valence-corrected chi connectivity index (χ2v) is 5.33. The van der Waals surface area contributed by atoms with Crippen LogP contribution in [0, 0.1) is 6.92 Å². The molecular weight excluding hydrogens is 262 g/mol. The number of carbonyl (C=O) groups is 2. The van der Waals surface area contributed by atoms with Crippen LogP contribution in [0.1, 0.15) is 41.6 Å². The van der Waals surface area contributed by atoms with E-state index in [1.165, 1.54) is 11.0 Å². The number of ether oxygens (including phenoxy) is 1. The van der Waals surface area contributed by atoms with Crippen LogP contribution in [0.5, 0.6) is 0 Å². The van der Waals surface area contributed by atoms with E-state index in [1.54, 1.807) is 20.9 Å². The van der Waals surface area contributed by atoms with Gasteiger partial charge in [-0.2, -0.15) is 0 Å². The summed E-state index contributed by atoms with van der Waals surface area (Å²) in [6.45, 7) is 4.20. The van der Waals surface area contributed by atoms with Crippen molar-refractivity contribution in [2.45, 2.75) is 38.8 Å². The minimum absolute atomic E-state index is 0.110. The van der Waals surface area contributed by atoms with E-state index in [0.717, 1.165) is 6.42 Å². The molecule has 1 aliphatic rings. The highest BCUT2D eigenvalue weighted by atomic mass is 16.5. The van der Waals surface area contributed by atoms with Gasteiger partial charge in [-0.3, -0.25) is 4.79 Å². The zero-order valence-corrected chi connectivity index (χ0v) is 11.9. The number of nitrogens with zero attached hydrogens (tertiary/aromatic N) is 1. The van der Waals surface area contributed by atoms with Gasteiger partial charge in [0.15, 0.2) is 0 Å². The van der Waals surface area contributed by atoms with Crippen molar-refractivity contribution < 1.29 is 23.8 Å². The molecule has 1 N–H and O–H groups in total. The molecule has 0 radical (unpaired) electrons. The molecule has 1 unspecified atom stereocenters. The lowest BCUT2D eigenvalue weighted by Crippen LogP contribution is -2.44. The fourth-order valence-corrected chi connectivity index (χ4v) is 2.49. The normalized spacial score (nSPS) is 21.9. The predicted octanol–water partition coefficient (Wildman–Crippen LogP) is 1.81. The predicted molar refractivity (Wildman–Crippen MR) is 70.5 cm³/mol. The van der Waals surface area contributed by atoms with Crippen molar-refractivity contribution in [3.8, 4) is 0 Å². The van der Waals surface area contributed by atoms with E-state index in [1.807, 2.05) is 0 Å². The molecule has 0 saturated carbocycles. The number of rotatable bonds is 4. The van der Waals surface area contributed by atoms with Crippen LogP contribution in [0.4, 0.5) is 0 Å². The number of furan rings is 1. The summed E-state index contributed by atoms with van der Waals surface area (Å²) in [6, 6.07) is 1.46. The van der Waals surface area contributed by atoms with E-state index < -0.39 is 11.6 Å². The highest BCUT2D eigenvalue weighted by molar-refractivity contribution is 5.89. The number of amides is 1. The van der Waals surface area contributed by atoms with E-state index in [9.17, 15) is 9.59 Å². The monoisotopic (exact) mass is 281 g/mol. The minimum Gasteiger partial charge on any atom is -0.478 e. The molecule has 0 spiro atoms. The Hall–Kier alpha value is -1.82. The van der Waals surface area contributed by atoms with Gasteiger partial charge in [-0.15, -0.1) is 0 Å². The Morgan fingerprint density at radius 1 is 1.50 bits per heavy atom. The average molecular weight is 281 g/mol. The van der Waals surface area contributed by atoms with Gasteiger partial charge in [0.2, 0.25) is 0 Å². The summed E-state index contributed by atoms with van der Waals surface area (Å²) < 4.78 is 10.9. The zero-order valence-electron chi connectivity index (χ0n) is 11.9. The third-order valence-corrected chi connectivity index (χ3v) is 3.61. The van der Waals surface area contributed by atoms with Crippen LogP contribution in [-0.4, -0.2) is 41.1 Å². The van der Waals surface area contributed by atoms with Gasteiger partial charge in [0.25, 0.3) is 5.91 Å². The average Bonchev–Trinajstić information content (AvgIpc) is 2.96. The van der Waals surface area contributed by atoms with Crippen molar-refractivity contribution in [2.24, 2.45) is 0 Å². The number of hydrogen-bond donors (Lipinski definition) is 1. The van der Waals surface area contributed by atoms with Crippen LogP contribution >= 0.6 is 0 Å². The molecule has 1 fully saturated rings. The largest absolute Gasteiger partial charge is 0.478 e. The van der Waals surface area contributed by atoms with Crippen molar-refractivity contribution in [1.82, 2.24) is 4.90 Å². The second kappa shape index (κ2) is 5.28. The summed E-state index contributed by atoms with van der Waals surface area (Å²) in [6.07, 6.45) is 1.58. The number of aromatic carboxylic acids is 1. The van der Waals surface area contributed by atoms with Crippen LogP contribution in [0.25, 0.3) is 0 Å². The first-order valence-corrected chi connectivity index (χ1v) is 6.55. The van der Waals surface area contributed by atoms with Crippen LogP contribution in [0.2, 0.25) is 0 Å². The summed E-state index contributed by atoms with van der Waals surface area (Å²) in [4.78, 5) is 24.8. The lowest BCUT2D eigenvalue weighted by Gasteiger charge is -2.27. The molecule has 2 heterocycles. The summed E-state index contributed by atoms with van der Waals surface area (Å²) in [5.74, 6) is -0.340. The Balaban J connectivity index is 2.08. The standard InChI is InChI=1S/C14H19NO5/c1-9-11(12(16)17)7-10(20-9)8-15(3)13(18)14(2)5-4-6-19-14/h7H,4-6,8H2,1-3H3,(H,16,17). The molecule has 1 aliphatic heterocycles. The van der Waals surface area contributed by atoms with E-state index in [2.05, 4.69) is 0 Å². The quantitative estimate of drug-likeness (QED) is 0.910. The topological polar surface area (TPSA) is 80.0 Å². The lowest BCUT2D eigenvalue weighted by molar-refractivity contribution is -0.150. The van der Waals surface area contributed by atoms with Crippen LogP contribution in [-0.2, 0) is 16.1 Å². The molecule has 1 aromatic heterocycles. The zero-order chi connectivity index (χ0) is 14.9. The fraction of sp³-hybridized carbons (Fsp3) is 0.571. The van der Waals surface area contributed by atoms with E-state index in [-0.39, 0.29) is 18.0 Å². The van der Waals surface area contributed by atoms with Crippen molar-refractivity contribution in [1.29, 1.82) is 0 Å². The fourth-order valence-electron chi connectivity index (χ4n) is 2.49. The molecule has 1 atom stereocenters. The summed E-state index contributed by atoms with van der Waals surface area (Å²) in [7, 11) is 1.66. The second-order valence-electron chi connectivity index (χ2n) is 5.33. The number of aryl methyl sites for hydroxylation is 1. The molecule has 0 aromatic carbocycles. The Bertz CT molecular complexity index is 528. The molecule has 0 aliphatic carbocycles. The van der Waals surface area contributed by atoms with Crippen LogP contribution in [0.3, 0.4) is 0 Å². The lowest BCUT2D eigenvalue weighted by atomic mass is 10.0. The molecule has 1 aromatic rings. The van der Waals surface area contributed by atoms with Gasteiger partial charge in [-0.05, 0) is 32.8 Å².